The summed E-state index contributed by atoms with van der Waals surface area (Å²) in [6.07, 6.45) is 1.97. The number of aromatic nitrogens is 4. The lowest BCUT2D eigenvalue weighted by Crippen LogP contribution is -1.94. The van der Waals surface area contributed by atoms with Crippen LogP contribution >= 0.6 is 23.2 Å². The summed E-state index contributed by atoms with van der Waals surface area (Å²) in [6.45, 7) is 0. The van der Waals surface area contributed by atoms with E-state index in [9.17, 15) is 0 Å². The molecule has 0 bridgehead atoms. The van der Waals surface area contributed by atoms with Crippen LogP contribution in [0.15, 0.2) is 72.9 Å². The first-order valence-corrected chi connectivity index (χ1v) is 10.0. The summed E-state index contributed by atoms with van der Waals surface area (Å²) in [4.78, 5) is 8.08. The zero-order valence-corrected chi connectivity index (χ0v) is 17.4. The molecular weight excluding hydrogens is 419 g/mol. The van der Waals surface area contributed by atoms with Crippen molar-refractivity contribution < 1.29 is 4.74 Å². The quantitative estimate of drug-likeness (QED) is 0.356. The van der Waals surface area contributed by atoms with Crippen LogP contribution in [0.2, 0.25) is 10.0 Å². The maximum Gasteiger partial charge on any atom is 0.142 e. The van der Waals surface area contributed by atoms with E-state index in [-0.39, 0.29) is 0 Å². The Hall–Kier alpha value is -3.28. The number of hydrogen-bond donors (Lipinski definition) is 1. The number of nitrogens with zero attached hydrogens (tertiary/aromatic N) is 3. The highest BCUT2D eigenvalue weighted by Gasteiger charge is 2.18. The van der Waals surface area contributed by atoms with E-state index >= 15 is 0 Å². The van der Waals surface area contributed by atoms with Crippen LogP contribution in [0, 0.1) is 0 Å². The average Bonchev–Trinajstić information content (AvgIpc) is 3.39. The Kier molecular flexibility index (Phi) is 4.69. The lowest BCUT2D eigenvalue weighted by molar-refractivity contribution is 0.415. The molecule has 0 aliphatic heterocycles. The molecule has 0 radical (unpaired) electrons. The third-order valence-electron chi connectivity index (χ3n) is 4.88. The normalized spacial score (nSPS) is 11.2. The molecule has 1 N–H and O–H groups in total. The van der Waals surface area contributed by atoms with Crippen LogP contribution < -0.4 is 4.74 Å². The number of benzene rings is 3. The molecule has 2 heterocycles. The second-order valence-corrected chi connectivity index (χ2v) is 7.58. The van der Waals surface area contributed by atoms with Gasteiger partial charge in [-0.05, 0) is 48.5 Å². The molecule has 5 rings (SSSR count). The smallest absolute Gasteiger partial charge is 0.142 e. The van der Waals surface area contributed by atoms with Gasteiger partial charge in [0.15, 0.2) is 0 Å². The van der Waals surface area contributed by atoms with E-state index in [0.29, 0.717) is 15.9 Å². The fraction of sp³-hybridized carbons (Fsp3) is 0.0435. The van der Waals surface area contributed by atoms with Crippen LogP contribution in [0.5, 0.6) is 5.75 Å². The SMILES string of the molecule is COc1ccc(-c2nn(-c3ccccc3)cc2-c2nc3cc(Cl)c(Cl)cc3[nH]2)cc1. The summed E-state index contributed by atoms with van der Waals surface area (Å²) in [6, 6.07) is 21.3. The molecule has 0 spiro atoms. The van der Waals surface area contributed by atoms with Gasteiger partial charge in [0.05, 0.1) is 39.4 Å². The predicted octanol–water partition coefficient (Wildman–Crippen LogP) is 6.40. The van der Waals surface area contributed by atoms with Crippen molar-refractivity contribution >= 4 is 34.2 Å². The Balaban J connectivity index is 1.70. The fourth-order valence-electron chi connectivity index (χ4n) is 3.35. The molecule has 148 valence electrons. The van der Waals surface area contributed by atoms with E-state index in [0.717, 1.165) is 39.3 Å². The molecule has 5 nitrogen and oxygen atoms in total. The zero-order valence-electron chi connectivity index (χ0n) is 15.9. The van der Waals surface area contributed by atoms with E-state index < -0.39 is 0 Å². The maximum absolute atomic E-state index is 6.17. The molecule has 0 atom stereocenters. The van der Waals surface area contributed by atoms with Gasteiger partial charge < -0.3 is 9.72 Å². The van der Waals surface area contributed by atoms with E-state index in [1.807, 2.05) is 65.5 Å². The molecule has 3 aromatic carbocycles. The van der Waals surface area contributed by atoms with E-state index in [2.05, 4.69) is 4.98 Å². The van der Waals surface area contributed by atoms with Crippen molar-refractivity contribution in [3.05, 3.63) is 83.0 Å². The number of rotatable bonds is 4. The molecule has 0 saturated heterocycles. The van der Waals surface area contributed by atoms with E-state index in [1.165, 1.54) is 0 Å². The molecule has 0 aliphatic rings. The van der Waals surface area contributed by atoms with Gasteiger partial charge in [0.2, 0.25) is 0 Å². The van der Waals surface area contributed by atoms with Crippen LogP contribution in [0.4, 0.5) is 0 Å². The first-order chi connectivity index (χ1) is 14.6. The molecule has 0 fully saturated rings. The molecule has 2 aromatic heterocycles. The van der Waals surface area contributed by atoms with Gasteiger partial charge in [0, 0.05) is 11.8 Å². The van der Waals surface area contributed by atoms with E-state index in [1.54, 1.807) is 19.2 Å². The molecular formula is C23H16Cl2N4O. The van der Waals surface area contributed by atoms with Crippen molar-refractivity contribution in [3.63, 3.8) is 0 Å². The molecule has 0 amide bonds. The zero-order chi connectivity index (χ0) is 20.7. The van der Waals surface area contributed by atoms with Crippen molar-refractivity contribution in [1.82, 2.24) is 19.7 Å². The maximum atomic E-state index is 6.17. The van der Waals surface area contributed by atoms with Gasteiger partial charge in [-0.15, -0.1) is 0 Å². The minimum absolute atomic E-state index is 0.470. The molecule has 0 saturated carbocycles. The van der Waals surface area contributed by atoms with Gasteiger partial charge in [-0.1, -0.05) is 41.4 Å². The average molecular weight is 435 g/mol. The summed E-state index contributed by atoms with van der Waals surface area (Å²) in [5.41, 5.74) is 5.14. The predicted molar refractivity (Wildman–Crippen MR) is 121 cm³/mol. The number of imidazole rings is 1. The van der Waals surface area contributed by atoms with Gasteiger partial charge in [-0.2, -0.15) is 5.10 Å². The topological polar surface area (TPSA) is 55.7 Å². The minimum atomic E-state index is 0.470. The summed E-state index contributed by atoms with van der Waals surface area (Å²) in [7, 11) is 1.65. The lowest BCUT2D eigenvalue weighted by atomic mass is 10.1. The number of para-hydroxylation sites is 1. The summed E-state index contributed by atoms with van der Waals surface area (Å²) in [5, 5.41) is 5.80. The van der Waals surface area contributed by atoms with Crippen molar-refractivity contribution in [3.8, 4) is 34.1 Å². The Morgan fingerprint density at radius 3 is 2.40 bits per heavy atom. The number of fused-ring (bicyclic) bond motifs is 1. The first kappa shape index (κ1) is 18.7. The Bertz CT molecular complexity index is 1300. The van der Waals surface area contributed by atoms with Crippen molar-refractivity contribution in [2.75, 3.05) is 7.11 Å². The third-order valence-corrected chi connectivity index (χ3v) is 5.60. The number of aromatic amines is 1. The first-order valence-electron chi connectivity index (χ1n) is 9.27. The standard InChI is InChI=1S/C23H16Cl2N4O/c1-30-16-9-7-14(8-10-16)22-17(13-29(28-22)15-5-3-2-4-6-15)23-26-20-11-18(24)19(25)12-21(20)27-23/h2-13H,1H3,(H,26,27). The highest BCUT2D eigenvalue weighted by Crippen LogP contribution is 2.34. The minimum Gasteiger partial charge on any atom is -0.497 e. The number of halogens is 2. The summed E-state index contributed by atoms with van der Waals surface area (Å²) >= 11 is 12.3. The number of hydrogen-bond acceptors (Lipinski definition) is 3. The number of ether oxygens (including phenoxy) is 1. The molecule has 0 aliphatic carbocycles. The Morgan fingerprint density at radius 2 is 1.67 bits per heavy atom. The van der Waals surface area contributed by atoms with Crippen LogP contribution in [0.25, 0.3) is 39.4 Å². The largest absolute Gasteiger partial charge is 0.497 e. The van der Waals surface area contributed by atoms with E-state index in [4.69, 9.17) is 38.0 Å². The molecule has 5 aromatic rings. The number of H-pyrrole nitrogens is 1. The second-order valence-electron chi connectivity index (χ2n) is 6.77. The van der Waals surface area contributed by atoms with Gasteiger partial charge in [0.1, 0.15) is 17.3 Å². The van der Waals surface area contributed by atoms with Crippen LogP contribution in [-0.2, 0) is 0 Å². The van der Waals surface area contributed by atoms with Crippen LogP contribution in [-0.4, -0.2) is 26.9 Å². The van der Waals surface area contributed by atoms with Crippen molar-refractivity contribution in [2.24, 2.45) is 0 Å². The van der Waals surface area contributed by atoms with Gasteiger partial charge in [-0.3, -0.25) is 0 Å². The van der Waals surface area contributed by atoms with Gasteiger partial charge in [0.25, 0.3) is 0 Å². The van der Waals surface area contributed by atoms with Crippen molar-refractivity contribution in [1.29, 1.82) is 0 Å². The Morgan fingerprint density at radius 1 is 0.933 bits per heavy atom. The summed E-state index contributed by atoms with van der Waals surface area (Å²) < 4.78 is 7.14. The lowest BCUT2D eigenvalue weighted by Gasteiger charge is -2.03. The van der Waals surface area contributed by atoms with Crippen LogP contribution in [0.1, 0.15) is 0 Å². The monoisotopic (exact) mass is 434 g/mol. The molecule has 30 heavy (non-hydrogen) atoms. The van der Waals surface area contributed by atoms with Crippen LogP contribution in [0.3, 0.4) is 0 Å². The van der Waals surface area contributed by atoms with Crippen molar-refractivity contribution in [2.45, 2.75) is 0 Å². The third kappa shape index (κ3) is 3.32. The molecule has 0 unspecified atom stereocenters. The number of nitrogens with one attached hydrogen (secondary N) is 1. The second kappa shape index (κ2) is 7.52. The summed E-state index contributed by atoms with van der Waals surface area (Å²) in [5.74, 6) is 1.48. The molecule has 7 heteroatoms. The highest BCUT2D eigenvalue weighted by atomic mass is 35.5. The number of methoxy groups -OCH3 is 1. The fourth-order valence-corrected chi connectivity index (χ4v) is 3.68. The highest BCUT2D eigenvalue weighted by molar-refractivity contribution is 6.42. The van der Waals surface area contributed by atoms with Gasteiger partial charge in [-0.25, -0.2) is 9.67 Å². The van der Waals surface area contributed by atoms with Gasteiger partial charge >= 0.3 is 0 Å². The Labute approximate surface area is 182 Å².